The Bertz CT molecular complexity index is 1680. The summed E-state index contributed by atoms with van der Waals surface area (Å²) in [7, 11) is 0. The van der Waals surface area contributed by atoms with Crippen LogP contribution < -0.4 is 0 Å². The molecule has 1 atom stereocenters. The maximum absolute atomic E-state index is 12.9. The van der Waals surface area contributed by atoms with E-state index in [1.807, 2.05) is 0 Å². The van der Waals surface area contributed by atoms with Gasteiger partial charge in [0.2, 0.25) is 0 Å². The number of hydrogen-bond donors (Lipinski definition) is 0. The summed E-state index contributed by atoms with van der Waals surface area (Å²) in [5, 5.41) is 0. The molecule has 0 fully saturated rings. The van der Waals surface area contributed by atoms with Gasteiger partial charge in [0.15, 0.2) is 6.10 Å². The van der Waals surface area contributed by atoms with Crippen molar-refractivity contribution >= 4 is 17.9 Å². The smallest absolute Gasteiger partial charge is 0.306 e. The number of esters is 3. The molecule has 6 nitrogen and oxygen atoms in total. The fraction of sp³-hybridized carbons (Fsp3) is 0.614. The van der Waals surface area contributed by atoms with Crippen molar-refractivity contribution in [3.8, 4) is 0 Å². The van der Waals surface area contributed by atoms with Crippen molar-refractivity contribution < 1.29 is 28.6 Å². The Kier molecular flexibility index (Phi) is 58.9. The molecule has 0 aromatic carbocycles. The predicted molar refractivity (Wildman–Crippen MR) is 329 cm³/mol. The minimum absolute atomic E-state index is 0.101. The molecule has 0 saturated heterocycles. The Morgan fingerprint density at radius 2 is 0.513 bits per heavy atom. The number of hydrogen-bond acceptors (Lipinski definition) is 6. The fourth-order valence-electron chi connectivity index (χ4n) is 8.04. The highest BCUT2D eigenvalue weighted by atomic mass is 16.6. The molecule has 0 N–H and O–H groups in total. The van der Waals surface area contributed by atoms with E-state index in [4.69, 9.17) is 14.2 Å². The van der Waals surface area contributed by atoms with Crippen LogP contribution in [0, 0.1) is 0 Å². The SMILES string of the molecule is CC/C=C\C/C=C\C/C=C\C/C=C\C/C=C\C/C=C\CCCCCCC(=O)OCC(COC(=O)CCCCCCCCCCCCCC)OC(=O)CCCCCC/C=C\C/C=C\C/C=C\C/C=C\C/C=C\C/C=C\CC. The summed E-state index contributed by atoms with van der Waals surface area (Å²) in [6.07, 6.45) is 89.8. The van der Waals surface area contributed by atoms with Crippen molar-refractivity contribution in [2.45, 2.75) is 264 Å². The van der Waals surface area contributed by atoms with Crippen molar-refractivity contribution in [2.75, 3.05) is 13.2 Å². The van der Waals surface area contributed by atoms with Crippen LogP contribution >= 0.6 is 0 Å². The van der Waals surface area contributed by atoms with Crippen LogP contribution in [0.4, 0.5) is 0 Å². The molecule has 428 valence electrons. The van der Waals surface area contributed by atoms with Gasteiger partial charge in [-0.1, -0.05) is 263 Å². The average molecular weight is 1050 g/mol. The van der Waals surface area contributed by atoms with E-state index in [9.17, 15) is 14.4 Å². The van der Waals surface area contributed by atoms with Gasteiger partial charge in [-0.3, -0.25) is 14.4 Å². The molecule has 0 heterocycles. The Balaban J connectivity index is 4.47. The molecule has 76 heavy (non-hydrogen) atoms. The van der Waals surface area contributed by atoms with Crippen LogP contribution in [0.5, 0.6) is 0 Å². The third kappa shape index (κ3) is 60.2. The lowest BCUT2D eigenvalue weighted by molar-refractivity contribution is -0.167. The summed E-state index contributed by atoms with van der Waals surface area (Å²) in [6, 6.07) is 0. The number of unbranched alkanes of at least 4 members (excludes halogenated alkanes) is 19. The minimum Gasteiger partial charge on any atom is -0.462 e. The Morgan fingerprint density at radius 3 is 0.803 bits per heavy atom. The fourth-order valence-corrected chi connectivity index (χ4v) is 8.04. The molecular formula is C70H112O6. The highest BCUT2D eigenvalue weighted by molar-refractivity contribution is 5.71. The molecule has 0 bridgehead atoms. The van der Waals surface area contributed by atoms with E-state index in [0.717, 1.165) is 161 Å². The third-order valence-corrected chi connectivity index (χ3v) is 12.6. The second-order valence-corrected chi connectivity index (χ2v) is 19.9. The first kappa shape index (κ1) is 71.3. The predicted octanol–water partition coefficient (Wildman–Crippen LogP) is 21.2. The highest BCUT2D eigenvalue weighted by Gasteiger charge is 2.19. The molecule has 0 spiro atoms. The number of carbonyl (C=O) groups is 3. The lowest BCUT2D eigenvalue weighted by atomic mass is 10.0. The van der Waals surface area contributed by atoms with Crippen LogP contribution in [0.3, 0.4) is 0 Å². The standard InChI is InChI=1S/C70H112O6/c1-4-7-10-13-16-19-22-25-27-29-31-33-35-37-39-41-43-45-48-51-54-57-60-63-69(72)75-66-67(65-74-68(71)62-59-56-53-50-47-24-21-18-15-12-9-6-3)76-70(73)64-61-58-55-52-49-46-44-42-40-38-36-34-32-30-28-26-23-20-17-14-11-8-5-2/h7-8,10-11,16-17,19-20,25-28,31-34,37-40,43-46,67H,4-6,9,12-15,18,21-24,29-30,35-36,41-42,47-66H2,1-3H3/b10-7-,11-8-,19-16-,20-17-,27-25-,28-26-,33-31-,34-32-,39-37-,40-38-,45-43-,46-44-. The van der Waals surface area contributed by atoms with Gasteiger partial charge < -0.3 is 14.2 Å². The molecule has 0 radical (unpaired) electrons. The summed E-state index contributed by atoms with van der Waals surface area (Å²) < 4.78 is 16.9. The molecule has 0 aliphatic heterocycles. The summed E-state index contributed by atoms with van der Waals surface area (Å²) in [5.74, 6) is -0.954. The molecule has 1 unspecified atom stereocenters. The van der Waals surface area contributed by atoms with Crippen LogP contribution in [0.25, 0.3) is 0 Å². The van der Waals surface area contributed by atoms with Crippen LogP contribution in [0.15, 0.2) is 146 Å². The summed E-state index contributed by atoms with van der Waals surface area (Å²) in [5.41, 5.74) is 0. The van der Waals surface area contributed by atoms with Crippen molar-refractivity contribution in [1.82, 2.24) is 0 Å². The third-order valence-electron chi connectivity index (χ3n) is 12.6. The van der Waals surface area contributed by atoms with E-state index in [2.05, 4.69) is 167 Å². The van der Waals surface area contributed by atoms with Gasteiger partial charge in [0.1, 0.15) is 13.2 Å². The Morgan fingerprint density at radius 1 is 0.276 bits per heavy atom. The average Bonchev–Trinajstić information content (AvgIpc) is 3.42. The van der Waals surface area contributed by atoms with Gasteiger partial charge in [-0.2, -0.15) is 0 Å². The first-order chi connectivity index (χ1) is 37.5. The van der Waals surface area contributed by atoms with Crippen LogP contribution in [0.2, 0.25) is 0 Å². The number of allylic oxidation sites excluding steroid dienone is 24. The highest BCUT2D eigenvalue weighted by Crippen LogP contribution is 2.14. The summed E-state index contributed by atoms with van der Waals surface area (Å²) in [4.78, 5) is 38.3. The van der Waals surface area contributed by atoms with E-state index in [-0.39, 0.29) is 37.5 Å². The Labute approximate surface area is 467 Å². The zero-order valence-corrected chi connectivity index (χ0v) is 49.0. The molecule has 6 heteroatoms. The van der Waals surface area contributed by atoms with Gasteiger partial charge in [0, 0.05) is 19.3 Å². The molecule has 0 saturated carbocycles. The van der Waals surface area contributed by atoms with Crippen LogP contribution in [-0.2, 0) is 28.6 Å². The lowest BCUT2D eigenvalue weighted by Gasteiger charge is -2.18. The quantitative estimate of drug-likeness (QED) is 0.0261. The van der Waals surface area contributed by atoms with E-state index in [1.165, 1.54) is 57.8 Å². The summed E-state index contributed by atoms with van der Waals surface area (Å²) in [6.45, 7) is 6.36. The van der Waals surface area contributed by atoms with E-state index < -0.39 is 6.10 Å². The molecule has 0 aliphatic rings. The molecule has 0 aromatic heterocycles. The minimum atomic E-state index is -0.808. The molecule has 0 rings (SSSR count). The van der Waals surface area contributed by atoms with Crippen molar-refractivity contribution in [2.24, 2.45) is 0 Å². The zero-order chi connectivity index (χ0) is 55.0. The van der Waals surface area contributed by atoms with E-state index in [0.29, 0.717) is 12.8 Å². The Hall–Kier alpha value is -4.71. The normalized spacial score (nSPS) is 13.1. The first-order valence-corrected chi connectivity index (χ1v) is 30.8. The molecule has 0 aliphatic carbocycles. The largest absolute Gasteiger partial charge is 0.462 e. The summed E-state index contributed by atoms with van der Waals surface area (Å²) >= 11 is 0. The van der Waals surface area contributed by atoms with Crippen LogP contribution in [0.1, 0.15) is 258 Å². The molecule has 0 amide bonds. The van der Waals surface area contributed by atoms with E-state index in [1.54, 1.807) is 0 Å². The van der Waals surface area contributed by atoms with Gasteiger partial charge >= 0.3 is 17.9 Å². The van der Waals surface area contributed by atoms with Gasteiger partial charge in [0.05, 0.1) is 0 Å². The first-order valence-electron chi connectivity index (χ1n) is 30.8. The maximum atomic E-state index is 12.9. The second-order valence-electron chi connectivity index (χ2n) is 19.9. The molecular weight excluding hydrogens is 937 g/mol. The van der Waals surface area contributed by atoms with Crippen LogP contribution in [-0.4, -0.2) is 37.2 Å². The van der Waals surface area contributed by atoms with Gasteiger partial charge in [-0.15, -0.1) is 0 Å². The topological polar surface area (TPSA) is 78.9 Å². The monoisotopic (exact) mass is 1050 g/mol. The van der Waals surface area contributed by atoms with Crippen molar-refractivity contribution in [1.29, 1.82) is 0 Å². The lowest BCUT2D eigenvalue weighted by Crippen LogP contribution is -2.30. The number of ether oxygens (including phenoxy) is 3. The second kappa shape index (κ2) is 62.8. The van der Waals surface area contributed by atoms with Gasteiger partial charge in [0.25, 0.3) is 0 Å². The van der Waals surface area contributed by atoms with Gasteiger partial charge in [-0.25, -0.2) is 0 Å². The van der Waals surface area contributed by atoms with E-state index >= 15 is 0 Å². The van der Waals surface area contributed by atoms with Crippen molar-refractivity contribution in [3.63, 3.8) is 0 Å². The molecule has 0 aromatic rings. The number of carbonyl (C=O) groups excluding carboxylic acids is 3. The maximum Gasteiger partial charge on any atom is 0.306 e. The van der Waals surface area contributed by atoms with Crippen molar-refractivity contribution in [3.05, 3.63) is 146 Å². The van der Waals surface area contributed by atoms with Gasteiger partial charge in [-0.05, 0) is 122 Å². The zero-order valence-electron chi connectivity index (χ0n) is 49.0. The number of rotatable bonds is 54.